The Hall–Kier alpha value is -1.30. The van der Waals surface area contributed by atoms with Crippen LogP contribution in [0.2, 0.25) is 0 Å². The van der Waals surface area contributed by atoms with Crippen LogP contribution < -0.4 is 10.6 Å². The van der Waals surface area contributed by atoms with Gasteiger partial charge in [0.05, 0.1) is 10.7 Å². The highest BCUT2D eigenvalue weighted by molar-refractivity contribution is 14.0. The summed E-state index contributed by atoms with van der Waals surface area (Å²) in [7, 11) is 0. The Balaban J connectivity index is 0.00000312. The van der Waals surface area contributed by atoms with Gasteiger partial charge in [0.25, 0.3) is 0 Å². The van der Waals surface area contributed by atoms with E-state index in [1.54, 1.807) is 11.3 Å². The molecule has 0 fully saturated rings. The Bertz CT molecular complexity index is 666. The fourth-order valence-corrected chi connectivity index (χ4v) is 3.00. The number of halogens is 3. The summed E-state index contributed by atoms with van der Waals surface area (Å²) >= 11 is 1.69. The second kappa shape index (κ2) is 10.6. The zero-order valence-electron chi connectivity index (χ0n) is 14.4. The molecular formula is C15H23F2IN6S. The number of imidazole rings is 1. The van der Waals surface area contributed by atoms with Crippen molar-refractivity contribution in [2.75, 3.05) is 13.1 Å². The molecule has 0 spiro atoms. The van der Waals surface area contributed by atoms with E-state index in [0.717, 1.165) is 21.7 Å². The van der Waals surface area contributed by atoms with Crippen LogP contribution in [0.1, 0.15) is 34.9 Å². The molecule has 0 aromatic carbocycles. The third kappa shape index (κ3) is 6.49. The summed E-state index contributed by atoms with van der Waals surface area (Å²) in [5.74, 6) is 0.805. The number of nitrogens with zero attached hydrogens (tertiary/aromatic N) is 4. The molecule has 0 radical (unpaired) electrons. The van der Waals surface area contributed by atoms with Crippen molar-refractivity contribution in [3.05, 3.63) is 33.8 Å². The largest absolute Gasteiger partial charge is 0.357 e. The van der Waals surface area contributed by atoms with Crippen molar-refractivity contribution in [1.29, 1.82) is 0 Å². The summed E-state index contributed by atoms with van der Waals surface area (Å²) < 4.78 is 26.4. The molecule has 0 unspecified atom stereocenters. The monoisotopic (exact) mass is 484 g/mol. The van der Waals surface area contributed by atoms with Crippen molar-refractivity contribution in [2.45, 2.75) is 40.3 Å². The van der Waals surface area contributed by atoms with Gasteiger partial charge in [0.15, 0.2) is 5.96 Å². The first kappa shape index (κ1) is 21.7. The van der Waals surface area contributed by atoms with Crippen LogP contribution in [0.15, 0.2) is 17.4 Å². The molecule has 0 aliphatic rings. The third-order valence-electron chi connectivity index (χ3n) is 3.39. The van der Waals surface area contributed by atoms with E-state index in [9.17, 15) is 8.78 Å². The molecule has 0 saturated carbocycles. The van der Waals surface area contributed by atoms with Gasteiger partial charge in [0.1, 0.15) is 12.4 Å². The van der Waals surface area contributed by atoms with E-state index in [0.29, 0.717) is 19.0 Å². The fourth-order valence-electron chi connectivity index (χ4n) is 2.07. The van der Waals surface area contributed by atoms with Gasteiger partial charge in [0, 0.05) is 36.8 Å². The van der Waals surface area contributed by atoms with Gasteiger partial charge in [-0.3, -0.25) is 4.57 Å². The van der Waals surface area contributed by atoms with Gasteiger partial charge in [-0.25, -0.2) is 15.0 Å². The lowest BCUT2D eigenvalue weighted by Crippen LogP contribution is -2.38. The van der Waals surface area contributed by atoms with Gasteiger partial charge < -0.3 is 10.6 Å². The van der Waals surface area contributed by atoms with E-state index in [4.69, 9.17) is 0 Å². The molecule has 0 amide bonds. The standard InChI is InChI=1S/C15H22F2N6S.HI/c1-4-18-15(20-6-5-13-22-10(2)11(3)24-13)21-9-12-19-7-8-23(12)14(16)17;/h7-8,14H,4-6,9H2,1-3H3,(H2,18,20,21);1H. The summed E-state index contributed by atoms with van der Waals surface area (Å²) in [6, 6.07) is 0. The predicted octanol–water partition coefficient (Wildman–Crippen LogP) is 3.27. The topological polar surface area (TPSA) is 67.1 Å². The minimum atomic E-state index is -2.61. The van der Waals surface area contributed by atoms with Gasteiger partial charge >= 0.3 is 6.55 Å². The lowest BCUT2D eigenvalue weighted by molar-refractivity contribution is 0.0671. The van der Waals surface area contributed by atoms with Crippen molar-refractivity contribution in [2.24, 2.45) is 4.99 Å². The second-order valence-electron chi connectivity index (χ2n) is 5.15. The number of guanidine groups is 1. The van der Waals surface area contributed by atoms with Crippen molar-refractivity contribution in [3.8, 4) is 0 Å². The Labute approximate surface area is 167 Å². The number of aryl methyl sites for hydroxylation is 2. The van der Waals surface area contributed by atoms with Crippen LogP contribution in [0.4, 0.5) is 8.78 Å². The molecule has 25 heavy (non-hydrogen) atoms. The van der Waals surface area contributed by atoms with Crippen LogP contribution in [-0.2, 0) is 13.0 Å². The fraction of sp³-hybridized carbons (Fsp3) is 0.533. The average Bonchev–Trinajstić information content (AvgIpc) is 3.12. The highest BCUT2D eigenvalue weighted by Crippen LogP contribution is 2.16. The first-order valence-corrected chi connectivity index (χ1v) is 8.57. The SMILES string of the molecule is CCNC(=NCc1nccn1C(F)F)NCCc1nc(C)c(C)s1.I. The first-order chi connectivity index (χ1) is 11.5. The number of aliphatic imine (C=N–C) groups is 1. The number of rotatable bonds is 7. The van der Waals surface area contributed by atoms with Crippen LogP contribution in [-0.4, -0.2) is 33.6 Å². The Morgan fingerprint density at radius 3 is 2.72 bits per heavy atom. The molecule has 140 valence electrons. The molecule has 2 heterocycles. The lowest BCUT2D eigenvalue weighted by Gasteiger charge is -2.11. The van der Waals surface area contributed by atoms with Gasteiger partial charge in [-0.15, -0.1) is 35.3 Å². The average molecular weight is 484 g/mol. The molecule has 2 aromatic rings. The zero-order valence-corrected chi connectivity index (χ0v) is 17.6. The van der Waals surface area contributed by atoms with E-state index >= 15 is 0 Å². The number of nitrogens with one attached hydrogen (secondary N) is 2. The van der Waals surface area contributed by atoms with Crippen LogP contribution in [0.25, 0.3) is 0 Å². The normalized spacial score (nSPS) is 11.5. The van der Waals surface area contributed by atoms with Gasteiger partial charge in [-0.2, -0.15) is 8.78 Å². The minimum absolute atomic E-state index is 0. The van der Waals surface area contributed by atoms with Crippen LogP contribution in [0, 0.1) is 13.8 Å². The maximum absolute atomic E-state index is 12.8. The lowest BCUT2D eigenvalue weighted by atomic mass is 10.4. The van der Waals surface area contributed by atoms with Crippen molar-refractivity contribution < 1.29 is 8.78 Å². The molecule has 2 rings (SSSR count). The highest BCUT2D eigenvalue weighted by atomic mass is 127. The number of aromatic nitrogens is 3. The molecular weight excluding hydrogens is 461 g/mol. The quantitative estimate of drug-likeness (QED) is 0.360. The molecule has 2 aromatic heterocycles. The number of thiazole rings is 1. The Kier molecular flexibility index (Phi) is 9.25. The second-order valence-corrected chi connectivity index (χ2v) is 6.44. The molecule has 10 heteroatoms. The zero-order chi connectivity index (χ0) is 17.5. The number of alkyl halides is 2. The number of hydrogen-bond donors (Lipinski definition) is 2. The van der Waals surface area contributed by atoms with Crippen LogP contribution in [0.3, 0.4) is 0 Å². The summed E-state index contributed by atoms with van der Waals surface area (Å²) in [5.41, 5.74) is 1.06. The smallest absolute Gasteiger partial charge is 0.319 e. The molecule has 0 bridgehead atoms. The van der Waals surface area contributed by atoms with E-state index in [1.807, 2.05) is 13.8 Å². The maximum Gasteiger partial charge on any atom is 0.319 e. The van der Waals surface area contributed by atoms with Gasteiger partial charge in [-0.05, 0) is 20.8 Å². The molecule has 6 nitrogen and oxygen atoms in total. The highest BCUT2D eigenvalue weighted by Gasteiger charge is 2.11. The summed E-state index contributed by atoms with van der Waals surface area (Å²) in [5, 5.41) is 7.35. The molecule has 0 saturated heterocycles. The van der Waals surface area contributed by atoms with E-state index in [1.165, 1.54) is 17.3 Å². The Morgan fingerprint density at radius 1 is 1.36 bits per heavy atom. The van der Waals surface area contributed by atoms with Gasteiger partial charge in [-0.1, -0.05) is 0 Å². The predicted molar refractivity (Wildman–Crippen MR) is 107 cm³/mol. The summed E-state index contributed by atoms with van der Waals surface area (Å²) in [4.78, 5) is 14.0. The van der Waals surface area contributed by atoms with Crippen molar-refractivity contribution in [1.82, 2.24) is 25.2 Å². The third-order valence-corrected chi connectivity index (χ3v) is 4.52. The van der Waals surface area contributed by atoms with E-state index < -0.39 is 6.55 Å². The maximum atomic E-state index is 12.8. The Morgan fingerprint density at radius 2 is 2.12 bits per heavy atom. The molecule has 0 aliphatic heterocycles. The van der Waals surface area contributed by atoms with Crippen LogP contribution in [0.5, 0.6) is 0 Å². The summed E-state index contributed by atoms with van der Waals surface area (Å²) in [6.07, 6.45) is 3.39. The van der Waals surface area contributed by atoms with E-state index in [-0.39, 0.29) is 36.3 Å². The minimum Gasteiger partial charge on any atom is -0.357 e. The molecule has 2 N–H and O–H groups in total. The number of hydrogen-bond acceptors (Lipinski definition) is 4. The molecule has 0 atom stereocenters. The van der Waals surface area contributed by atoms with Crippen molar-refractivity contribution in [3.63, 3.8) is 0 Å². The van der Waals surface area contributed by atoms with Crippen LogP contribution >= 0.6 is 35.3 Å². The van der Waals surface area contributed by atoms with E-state index in [2.05, 4.69) is 32.5 Å². The summed E-state index contributed by atoms with van der Waals surface area (Å²) in [6.45, 7) is 4.84. The van der Waals surface area contributed by atoms with Gasteiger partial charge in [0.2, 0.25) is 0 Å². The first-order valence-electron chi connectivity index (χ1n) is 7.76. The molecule has 0 aliphatic carbocycles. The van der Waals surface area contributed by atoms with Crippen molar-refractivity contribution >= 4 is 41.3 Å².